The van der Waals surface area contributed by atoms with Gasteiger partial charge in [0.05, 0.1) is 6.26 Å². The van der Waals surface area contributed by atoms with Gasteiger partial charge in [-0.3, -0.25) is 4.99 Å². The van der Waals surface area contributed by atoms with Crippen LogP contribution in [0.25, 0.3) is 0 Å². The maximum Gasteiger partial charge on any atom is 0.221 e. The molecule has 0 amide bonds. The highest BCUT2D eigenvalue weighted by atomic mass is 16.5. The van der Waals surface area contributed by atoms with E-state index in [9.17, 15) is 0 Å². The van der Waals surface area contributed by atoms with Crippen LogP contribution in [0.5, 0.6) is 0 Å². The van der Waals surface area contributed by atoms with Crippen molar-refractivity contribution in [3.05, 3.63) is 36.1 Å². The highest BCUT2D eigenvalue weighted by Gasteiger charge is 2.15. The molecule has 0 radical (unpaired) electrons. The molecule has 0 bridgehead atoms. The zero-order valence-corrected chi connectivity index (χ0v) is 6.79. The van der Waals surface area contributed by atoms with Gasteiger partial charge in [0.15, 0.2) is 0 Å². The van der Waals surface area contributed by atoms with Crippen LogP contribution < -0.4 is 0 Å². The molecule has 1 aliphatic heterocycles. The van der Waals surface area contributed by atoms with Crippen molar-refractivity contribution in [2.45, 2.75) is 6.92 Å². The molecular weight excluding hydrogens is 138 g/mol. The molecule has 11 heavy (non-hydrogen) atoms. The van der Waals surface area contributed by atoms with E-state index in [2.05, 4.69) is 11.6 Å². The number of nitrogens with zero attached hydrogens (tertiary/aromatic N) is 1. The lowest BCUT2D eigenvalue weighted by Crippen LogP contribution is -1.97. The molecule has 0 fully saturated rings. The second-order valence-electron chi connectivity index (χ2n) is 2.26. The first-order valence-electron chi connectivity index (χ1n) is 3.43. The van der Waals surface area contributed by atoms with Crippen molar-refractivity contribution in [2.75, 3.05) is 7.05 Å². The molecule has 0 saturated heterocycles. The Morgan fingerprint density at radius 1 is 1.64 bits per heavy atom. The Bertz CT molecular complexity index is 259. The quantitative estimate of drug-likeness (QED) is 0.559. The second-order valence-corrected chi connectivity index (χ2v) is 2.26. The molecule has 0 aliphatic carbocycles. The van der Waals surface area contributed by atoms with Crippen LogP contribution in [0.3, 0.4) is 0 Å². The van der Waals surface area contributed by atoms with Crippen LogP contribution in [0.2, 0.25) is 0 Å². The average Bonchev–Trinajstić information content (AvgIpc) is 2.34. The number of allylic oxidation sites excluding steroid dienone is 2. The van der Waals surface area contributed by atoms with Crippen LogP contribution in [0.15, 0.2) is 41.1 Å². The minimum atomic E-state index is 0.669. The Balaban J connectivity index is 2.98. The molecule has 0 atom stereocenters. The normalized spacial score (nSPS) is 23.6. The molecule has 2 nitrogen and oxygen atoms in total. The van der Waals surface area contributed by atoms with E-state index in [4.69, 9.17) is 4.74 Å². The van der Waals surface area contributed by atoms with Gasteiger partial charge in [-0.05, 0) is 18.6 Å². The van der Waals surface area contributed by atoms with E-state index in [1.54, 1.807) is 19.4 Å². The van der Waals surface area contributed by atoms with E-state index in [1.165, 1.54) is 0 Å². The number of rotatable bonds is 1. The van der Waals surface area contributed by atoms with E-state index in [1.807, 2.05) is 13.0 Å². The van der Waals surface area contributed by atoms with E-state index in [0.717, 1.165) is 11.1 Å². The minimum Gasteiger partial charge on any atom is -0.446 e. The lowest BCUT2D eigenvalue weighted by atomic mass is 10.1. The van der Waals surface area contributed by atoms with Gasteiger partial charge in [-0.2, -0.15) is 0 Å². The van der Waals surface area contributed by atoms with Gasteiger partial charge >= 0.3 is 0 Å². The van der Waals surface area contributed by atoms with Crippen molar-refractivity contribution in [3.8, 4) is 0 Å². The van der Waals surface area contributed by atoms with Gasteiger partial charge in [0.25, 0.3) is 0 Å². The molecule has 0 aromatic carbocycles. The van der Waals surface area contributed by atoms with Crippen molar-refractivity contribution in [3.63, 3.8) is 0 Å². The first kappa shape index (κ1) is 7.79. The van der Waals surface area contributed by atoms with Crippen molar-refractivity contribution >= 4 is 5.90 Å². The standard InChI is InChI=1S/C9H11NO/c1-4-5-8-7(2)6-11-9(8)10-3/h4-6H,1H2,2-3H3/b8-5-,10-9?. The molecule has 2 heteroatoms. The summed E-state index contributed by atoms with van der Waals surface area (Å²) in [5.41, 5.74) is 2.10. The van der Waals surface area contributed by atoms with Crippen molar-refractivity contribution in [1.29, 1.82) is 0 Å². The predicted molar refractivity (Wildman–Crippen MR) is 46.5 cm³/mol. The first-order chi connectivity index (χ1) is 5.29. The van der Waals surface area contributed by atoms with Crippen molar-refractivity contribution in [1.82, 2.24) is 0 Å². The van der Waals surface area contributed by atoms with Gasteiger partial charge in [-0.1, -0.05) is 12.7 Å². The Morgan fingerprint density at radius 2 is 2.36 bits per heavy atom. The molecule has 0 spiro atoms. The first-order valence-corrected chi connectivity index (χ1v) is 3.43. The number of hydrogen-bond acceptors (Lipinski definition) is 2. The van der Waals surface area contributed by atoms with Crippen LogP contribution in [0, 0.1) is 0 Å². The Labute approximate surface area is 66.6 Å². The van der Waals surface area contributed by atoms with Gasteiger partial charge < -0.3 is 4.74 Å². The highest BCUT2D eigenvalue weighted by molar-refractivity contribution is 6.00. The smallest absolute Gasteiger partial charge is 0.221 e. The third kappa shape index (κ3) is 1.40. The number of hydrogen-bond donors (Lipinski definition) is 0. The minimum absolute atomic E-state index is 0.669. The zero-order chi connectivity index (χ0) is 8.27. The Kier molecular flexibility index (Phi) is 2.26. The SMILES string of the molecule is C=C/C=C1/C(C)=COC1=NC. The monoisotopic (exact) mass is 149 g/mol. The summed E-state index contributed by atoms with van der Waals surface area (Å²) in [6.45, 7) is 5.59. The molecular formula is C9H11NO. The molecule has 1 aliphatic rings. The van der Waals surface area contributed by atoms with E-state index >= 15 is 0 Å². The molecule has 0 aromatic rings. The van der Waals surface area contributed by atoms with E-state index in [-0.39, 0.29) is 0 Å². The Hall–Kier alpha value is -1.31. The third-order valence-corrected chi connectivity index (χ3v) is 1.49. The maximum atomic E-state index is 5.15. The second kappa shape index (κ2) is 3.19. The summed E-state index contributed by atoms with van der Waals surface area (Å²) in [4.78, 5) is 3.96. The Morgan fingerprint density at radius 3 is 2.91 bits per heavy atom. The van der Waals surface area contributed by atoms with Crippen LogP contribution in [-0.4, -0.2) is 12.9 Å². The van der Waals surface area contributed by atoms with E-state index in [0.29, 0.717) is 5.90 Å². The van der Waals surface area contributed by atoms with Crippen LogP contribution in [0.1, 0.15) is 6.92 Å². The summed E-state index contributed by atoms with van der Waals surface area (Å²) < 4.78 is 5.15. The molecule has 0 saturated carbocycles. The summed E-state index contributed by atoms with van der Waals surface area (Å²) in [7, 11) is 1.71. The zero-order valence-electron chi connectivity index (χ0n) is 6.79. The fourth-order valence-corrected chi connectivity index (χ4v) is 0.934. The van der Waals surface area contributed by atoms with Gasteiger partial charge in [0.2, 0.25) is 5.90 Å². The summed E-state index contributed by atoms with van der Waals surface area (Å²) in [6.07, 6.45) is 5.31. The van der Waals surface area contributed by atoms with Crippen LogP contribution in [-0.2, 0) is 4.74 Å². The molecule has 0 N–H and O–H groups in total. The summed E-state index contributed by atoms with van der Waals surface area (Å²) in [5, 5.41) is 0. The summed E-state index contributed by atoms with van der Waals surface area (Å²) in [5.74, 6) is 0.669. The topological polar surface area (TPSA) is 21.6 Å². The fourth-order valence-electron chi connectivity index (χ4n) is 0.934. The highest BCUT2D eigenvalue weighted by Crippen LogP contribution is 2.19. The largest absolute Gasteiger partial charge is 0.446 e. The molecule has 1 heterocycles. The molecule has 0 aromatic heterocycles. The van der Waals surface area contributed by atoms with E-state index < -0.39 is 0 Å². The number of aliphatic imine (C=N–C) groups is 1. The van der Waals surface area contributed by atoms with Crippen molar-refractivity contribution in [2.24, 2.45) is 4.99 Å². The van der Waals surface area contributed by atoms with Crippen LogP contribution in [0.4, 0.5) is 0 Å². The van der Waals surface area contributed by atoms with Gasteiger partial charge in [-0.15, -0.1) is 0 Å². The maximum absolute atomic E-state index is 5.15. The van der Waals surface area contributed by atoms with Gasteiger partial charge in [-0.25, -0.2) is 0 Å². The lowest BCUT2D eigenvalue weighted by molar-refractivity contribution is 0.485. The van der Waals surface area contributed by atoms with Gasteiger partial charge in [0, 0.05) is 12.6 Å². The average molecular weight is 149 g/mol. The fraction of sp³-hybridized carbons (Fsp3) is 0.222. The lowest BCUT2D eigenvalue weighted by Gasteiger charge is -1.96. The van der Waals surface area contributed by atoms with Gasteiger partial charge in [0.1, 0.15) is 0 Å². The molecule has 0 unspecified atom stereocenters. The third-order valence-electron chi connectivity index (χ3n) is 1.49. The summed E-state index contributed by atoms with van der Waals surface area (Å²) >= 11 is 0. The number of ether oxygens (including phenoxy) is 1. The molecule has 1 rings (SSSR count). The predicted octanol–water partition coefficient (Wildman–Crippen LogP) is 2.06. The summed E-state index contributed by atoms with van der Waals surface area (Å²) in [6, 6.07) is 0. The van der Waals surface area contributed by atoms with Crippen LogP contribution >= 0.6 is 0 Å². The molecule has 58 valence electrons. The van der Waals surface area contributed by atoms with Crippen molar-refractivity contribution < 1.29 is 4.74 Å².